The van der Waals surface area contributed by atoms with Gasteiger partial charge in [0.15, 0.2) is 0 Å². The van der Waals surface area contributed by atoms with Crippen LogP contribution in [0.2, 0.25) is 0 Å². The van der Waals surface area contributed by atoms with Crippen LogP contribution in [0, 0.1) is 11.3 Å². The van der Waals surface area contributed by atoms with Gasteiger partial charge in [0.1, 0.15) is 0 Å². The molecule has 0 unspecified atom stereocenters. The van der Waals surface area contributed by atoms with Gasteiger partial charge < -0.3 is 9.79 Å². The van der Waals surface area contributed by atoms with Crippen molar-refractivity contribution in [3.63, 3.8) is 0 Å². The van der Waals surface area contributed by atoms with E-state index in [1.165, 1.54) is 0 Å². The number of phosphoric acid groups is 1. The van der Waals surface area contributed by atoms with Crippen LogP contribution in [0.4, 0.5) is 0 Å². The first-order chi connectivity index (χ1) is 5.87. The molecule has 0 bridgehead atoms. The molecule has 6 nitrogen and oxygen atoms in total. The Balaban J connectivity index is 4.12. The Morgan fingerprint density at radius 3 is 2.46 bits per heavy atom. The van der Waals surface area contributed by atoms with Crippen molar-refractivity contribution in [2.75, 3.05) is 6.54 Å². The van der Waals surface area contributed by atoms with Crippen molar-refractivity contribution in [3.8, 4) is 6.07 Å². The van der Waals surface area contributed by atoms with Gasteiger partial charge in [0.2, 0.25) is 0 Å². The highest BCUT2D eigenvalue weighted by Crippen LogP contribution is 2.37. The summed E-state index contributed by atoms with van der Waals surface area (Å²) in [6.07, 6.45) is 0.165. The minimum atomic E-state index is -4.50. The van der Waals surface area contributed by atoms with Crippen molar-refractivity contribution < 1.29 is 19.0 Å². The van der Waals surface area contributed by atoms with Crippen molar-refractivity contribution in [2.24, 2.45) is 0 Å². The summed E-state index contributed by atoms with van der Waals surface area (Å²) in [7, 11) is -4.50. The molecule has 2 N–H and O–H groups in total. The molecule has 0 aromatic heterocycles. The molecule has 0 aromatic carbocycles. The minimum Gasteiger partial charge on any atom is -0.302 e. The van der Waals surface area contributed by atoms with E-state index in [4.69, 9.17) is 15.0 Å². The molecular formula is C6H13N2O4P. The molecule has 13 heavy (non-hydrogen) atoms. The third-order valence-corrected chi connectivity index (χ3v) is 1.65. The number of nitriles is 1. The summed E-state index contributed by atoms with van der Waals surface area (Å²) in [4.78, 5) is 17.0. The van der Waals surface area contributed by atoms with Crippen LogP contribution < -0.4 is 0 Å². The molecule has 0 heterocycles. The first kappa shape index (κ1) is 12.6. The molecule has 76 valence electrons. The van der Waals surface area contributed by atoms with Gasteiger partial charge in [-0.25, -0.2) is 4.57 Å². The fraction of sp³-hybridized carbons (Fsp3) is 0.833. The zero-order chi connectivity index (χ0) is 10.5. The minimum absolute atomic E-state index is 0.165. The van der Waals surface area contributed by atoms with Gasteiger partial charge in [0.05, 0.1) is 12.5 Å². The molecule has 0 saturated carbocycles. The van der Waals surface area contributed by atoms with E-state index in [1.54, 1.807) is 13.8 Å². The van der Waals surface area contributed by atoms with Gasteiger partial charge in [-0.3, -0.25) is 0 Å². The van der Waals surface area contributed by atoms with E-state index in [9.17, 15) is 4.57 Å². The molecular weight excluding hydrogens is 195 g/mol. The summed E-state index contributed by atoms with van der Waals surface area (Å²) in [5.74, 6) is 0. The monoisotopic (exact) mass is 208 g/mol. The highest BCUT2D eigenvalue weighted by atomic mass is 31.2. The summed E-state index contributed by atoms with van der Waals surface area (Å²) in [5.41, 5.74) is 0. The quantitative estimate of drug-likeness (QED) is 0.508. The topological polar surface area (TPSA) is 93.8 Å². The number of hydrogen-bond acceptors (Lipinski definition) is 4. The lowest BCUT2D eigenvalue weighted by Gasteiger charge is -2.24. The standard InChI is InChI=1S/C6H13N2O4P/c1-6(2)8(5-3-4-7)12-13(9,10)11/h6H,3,5H2,1-2H3,(H2,9,10,11). The molecule has 0 aliphatic heterocycles. The van der Waals surface area contributed by atoms with Crippen LogP contribution in [0.5, 0.6) is 0 Å². The maximum Gasteiger partial charge on any atom is 0.486 e. The lowest BCUT2D eigenvalue weighted by atomic mass is 10.3. The maximum atomic E-state index is 10.5. The molecule has 0 rings (SSSR count). The summed E-state index contributed by atoms with van der Waals surface area (Å²) in [6, 6.07) is 1.68. The Hall–Kier alpha value is -0.440. The summed E-state index contributed by atoms with van der Waals surface area (Å²) in [6.45, 7) is 3.61. The molecule has 7 heteroatoms. The van der Waals surface area contributed by atoms with Gasteiger partial charge in [-0.2, -0.15) is 14.9 Å². The Bertz CT molecular complexity index is 231. The molecule has 0 amide bonds. The SMILES string of the molecule is CC(C)N(CCC#N)OP(=O)(O)O. The van der Waals surface area contributed by atoms with E-state index in [1.807, 2.05) is 6.07 Å². The van der Waals surface area contributed by atoms with Crippen molar-refractivity contribution in [1.29, 1.82) is 5.26 Å². The summed E-state index contributed by atoms with van der Waals surface area (Å²) >= 11 is 0. The van der Waals surface area contributed by atoms with Gasteiger partial charge in [-0.1, -0.05) is 0 Å². The second-order valence-electron chi connectivity index (χ2n) is 2.71. The zero-order valence-electron chi connectivity index (χ0n) is 7.54. The summed E-state index contributed by atoms with van der Waals surface area (Å²) < 4.78 is 14.8. The van der Waals surface area contributed by atoms with Crippen LogP contribution in [0.25, 0.3) is 0 Å². The van der Waals surface area contributed by atoms with Crippen molar-refractivity contribution >= 4 is 7.82 Å². The van der Waals surface area contributed by atoms with E-state index in [2.05, 4.69) is 4.62 Å². The molecule has 0 atom stereocenters. The fourth-order valence-corrected chi connectivity index (χ4v) is 1.23. The first-order valence-corrected chi connectivity index (χ1v) is 5.28. The first-order valence-electron chi connectivity index (χ1n) is 3.75. The van der Waals surface area contributed by atoms with Gasteiger partial charge in [-0.15, -0.1) is 0 Å². The fourth-order valence-electron chi connectivity index (χ4n) is 0.690. The Morgan fingerprint density at radius 2 is 2.15 bits per heavy atom. The number of hydrogen-bond donors (Lipinski definition) is 2. The third kappa shape index (κ3) is 6.70. The molecule has 0 radical (unpaired) electrons. The van der Waals surface area contributed by atoms with E-state index >= 15 is 0 Å². The van der Waals surface area contributed by atoms with Crippen LogP contribution in [0.15, 0.2) is 0 Å². The lowest BCUT2D eigenvalue weighted by Crippen LogP contribution is -2.30. The van der Waals surface area contributed by atoms with Crippen LogP contribution in [-0.4, -0.2) is 27.4 Å². The average Bonchev–Trinajstić information content (AvgIpc) is 1.95. The van der Waals surface area contributed by atoms with Crippen LogP contribution in [0.3, 0.4) is 0 Å². The Labute approximate surface area is 76.9 Å². The predicted octanol–water partition coefficient (Wildman–Crippen LogP) is 0.635. The van der Waals surface area contributed by atoms with E-state index in [-0.39, 0.29) is 19.0 Å². The molecule has 0 fully saturated rings. The molecule has 0 aliphatic carbocycles. The van der Waals surface area contributed by atoms with E-state index in [0.29, 0.717) is 0 Å². The highest BCUT2D eigenvalue weighted by molar-refractivity contribution is 7.46. The Morgan fingerprint density at radius 1 is 1.62 bits per heavy atom. The number of nitrogens with zero attached hydrogens (tertiary/aromatic N) is 2. The number of rotatable bonds is 5. The number of hydroxylamine groups is 2. The van der Waals surface area contributed by atoms with E-state index in [0.717, 1.165) is 5.06 Å². The van der Waals surface area contributed by atoms with Crippen molar-refractivity contribution in [1.82, 2.24) is 5.06 Å². The molecule has 0 aromatic rings. The van der Waals surface area contributed by atoms with Crippen LogP contribution in [-0.2, 0) is 9.19 Å². The van der Waals surface area contributed by atoms with Gasteiger partial charge in [0, 0.05) is 12.6 Å². The maximum absolute atomic E-state index is 10.5. The molecule has 0 aliphatic rings. The van der Waals surface area contributed by atoms with Gasteiger partial charge in [0.25, 0.3) is 0 Å². The second-order valence-corrected chi connectivity index (χ2v) is 3.86. The van der Waals surface area contributed by atoms with Crippen LogP contribution >= 0.6 is 7.82 Å². The molecule has 0 spiro atoms. The largest absolute Gasteiger partial charge is 0.486 e. The third-order valence-electron chi connectivity index (χ3n) is 1.23. The van der Waals surface area contributed by atoms with Gasteiger partial charge in [-0.05, 0) is 13.8 Å². The normalized spacial score (nSPS) is 12.1. The zero-order valence-corrected chi connectivity index (χ0v) is 8.44. The van der Waals surface area contributed by atoms with Crippen molar-refractivity contribution in [2.45, 2.75) is 26.3 Å². The van der Waals surface area contributed by atoms with Crippen LogP contribution in [0.1, 0.15) is 20.3 Å². The summed E-state index contributed by atoms with van der Waals surface area (Å²) in [5, 5.41) is 9.37. The van der Waals surface area contributed by atoms with Gasteiger partial charge >= 0.3 is 7.82 Å². The predicted molar refractivity (Wildman–Crippen MR) is 45.2 cm³/mol. The lowest BCUT2D eigenvalue weighted by molar-refractivity contribution is -0.103. The Kier molecular flexibility index (Phi) is 5.14. The smallest absolute Gasteiger partial charge is 0.302 e. The van der Waals surface area contributed by atoms with Crippen molar-refractivity contribution in [3.05, 3.63) is 0 Å². The molecule has 0 saturated heterocycles. The van der Waals surface area contributed by atoms with E-state index < -0.39 is 7.82 Å². The highest BCUT2D eigenvalue weighted by Gasteiger charge is 2.22. The average molecular weight is 208 g/mol. The second kappa shape index (κ2) is 5.32.